The Labute approximate surface area is 108 Å². The Bertz CT molecular complexity index is 376. The topological polar surface area (TPSA) is 65.5 Å². The zero-order valence-corrected chi connectivity index (χ0v) is 11.2. The lowest BCUT2D eigenvalue weighted by molar-refractivity contribution is 0.0659. The Morgan fingerprint density at radius 2 is 2.22 bits per heavy atom. The van der Waals surface area contributed by atoms with Gasteiger partial charge in [0.1, 0.15) is 5.69 Å². The van der Waals surface area contributed by atoms with Crippen molar-refractivity contribution in [3.05, 3.63) is 24.0 Å². The minimum atomic E-state index is -0.151. The first-order valence-electron chi connectivity index (χ1n) is 6.21. The van der Waals surface area contributed by atoms with Gasteiger partial charge >= 0.3 is 0 Å². The van der Waals surface area contributed by atoms with Gasteiger partial charge in [0.2, 0.25) is 0 Å². The molecular formula is C13H21N3O2. The van der Waals surface area contributed by atoms with E-state index in [-0.39, 0.29) is 18.6 Å². The summed E-state index contributed by atoms with van der Waals surface area (Å²) in [6.45, 7) is 6.94. The van der Waals surface area contributed by atoms with Crippen molar-refractivity contribution < 1.29 is 9.90 Å². The smallest absolute Gasteiger partial charge is 0.272 e. The van der Waals surface area contributed by atoms with Crippen LogP contribution in [0.25, 0.3) is 0 Å². The van der Waals surface area contributed by atoms with Crippen LogP contribution in [0.2, 0.25) is 0 Å². The van der Waals surface area contributed by atoms with E-state index in [1.807, 2.05) is 26.8 Å². The lowest BCUT2D eigenvalue weighted by Gasteiger charge is -2.25. The van der Waals surface area contributed by atoms with Crippen LogP contribution >= 0.6 is 0 Å². The molecule has 2 N–H and O–H groups in total. The number of anilines is 1. The molecule has 0 aromatic carbocycles. The Hall–Kier alpha value is -1.62. The summed E-state index contributed by atoms with van der Waals surface area (Å²) < 4.78 is 0. The summed E-state index contributed by atoms with van der Waals surface area (Å²) in [4.78, 5) is 17.9. The van der Waals surface area contributed by atoms with Crippen molar-refractivity contribution in [2.75, 3.05) is 25.0 Å². The van der Waals surface area contributed by atoms with Gasteiger partial charge in [-0.25, -0.2) is 4.98 Å². The minimum Gasteiger partial charge on any atom is -0.395 e. The Morgan fingerprint density at radius 3 is 2.67 bits per heavy atom. The molecule has 0 saturated heterocycles. The second kappa shape index (κ2) is 6.96. The minimum absolute atomic E-state index is 0.0416. The fraction of sp³-hybridized carbons (Fsp3) is 0.538. The fourth-order valence-corrected chi connectivity index (χ4v) is 1.68. The molecule has 5 heteroatoms. The number of nitrogens with zero attached hydrogens (tertiary/aromatic N) is 2. The molecule has 1 heterocycles. The highest BCUT2D eigenvalue weighted by Gasteiger charge is 2.19. The van der Waals surface area contributed by atoms with Gasteiger partial charge in [-0.05, 0) is 32.9 Å². The van der Waals surface area contributed by atoms with Crippen molar-refractivity contribution in [1.82, 2.24) is 9.88 Å². The third kappa shape index (κ3) is 3.70. The van der Waals surface area contributed by atoms with Crippen LogP contribution in [-0.2, 0) is 0 Å². The molecular weight excluding hydrogens is 230 g/mol. The molecule has 1 aromatic heterocycles. The van der Waals surface area contributed by atoms with E-state index in [4.69, 9.17) is 5.11 Å². The van der Waals surface area contributed by atoms with E-state index < -0.39 is 0 Å². The van der Waals surface area contributed by atoms with Crippen LogP contribution in [0.4, 0.5) is 5.69 Å². The van der Waals surface area contributed by atoms with Crippen molar-refractivity contribution >= 4 is 11.6 Å². The number of aliphatic hydroxyl groups excluding tert-OH is 1. The lowest BCUT2D eigenvalue weighted by atomic mass is 10.2. The summed E-state index contributed by atoms with van der Waals surface area (Å²) in [7, 11) is 0. The highest BCUT2D eigenvalue weighted by atomic mass is 16.3. The standard InChI is InChI=1S/C13H21N3O2/c1-4-14-11-5-6-12(15-9-11)13(18)16(7-8-17)10(2)3/h5-6,9-10,14,17H,4,7-8H2,1-3H3. The molecule has 1 rings (SSSR count). The van der Waals surface area contributed by atoms with Gasteiger partial charge in [0.05, 0.1) is 18.5 Å². The first kappa shape index (κ1) is 14.4. The maximum absolute atomic E-state index is 12.2. The Balaban J connectivity index is 2.81. The second-order valence-electron chi connectivity index (χ2n) is 4.28. The van der Waals surface area contributed by atoms with Crippen molar-refractivity contribution in [1.29, 1.82) is 0 Å². The molecule has 0 aliphatic heterocycles. The second-order valence-corrected chi connectivity index (χ2v) is 4.28. The van der Waals surface area contributed by atoms with Gasteiger partial charge in [-0.15, -0.1) is 0 Å². The molecule has 0 spiro atoms. The van der Waals surface area contributed by atoms with Crippen LogP contribution in [-0.4, -0.2) is 46.6 Å². The number of carbonyl (C=O) groups is 1. The SMILES string of the molecule is CCNc1ccc(C(=O)N(CCO)C(C)C)nc1. The number of pyridine rings is 1. The lowest BCUT2D eigenvalue weighted by Crippen LogP contribution is -2.39. The first-order valence-corrected chi connectivity index (χ1v) is 6.21. The number of carbonyl (C=O) groups excluding carboxylic acids is 1. The van der Waals surface area contributed by atoms with Crippen molar-refractivity contribution in [3.8, 4) is 0 Å². The molecule has 5 nitrogen and oxygen atoms in total. The normalized spacial score (nSPS) is 10.5. The number of rotatable bonds is 6. The van der Waals surface area contributed by atoms with Crippen LogP contribution in [0.1, 0.15) is 31.3 Å². The van der Waals surface area contributed by atoms with Crippen LogP contribution in [0.15, 0.2) is 18.3 Å². The van der Waals surface area contributed by atoms with Gasteiger partial charge in [-0.1, -0.05) is 0 Å². The molecule has 0 radical (unpaired) electrons. The molecule has 18 heavy (non-hydrogen) atoms. The summed E-state index contributed by atoms with van der Waals surface area (Å²) in [5, 5.41) is 12.1. The van der Waals surface area contributed by atoms with E-state index in [1.165, 1.54) is 0 Å². The molecule has 1 aromatic rings. The maximum atomic E-state index is 12.2. The maximum Gasteiger partial charge on any atom is 0.272 e. The first-order chi connectivity index (χ1) is 8.60. The van der Waals surface area contributed by atoms with Crippen molar-refractivity contribution in [2.45, 2.75) is 26.8 Å². The number of nitrogens with one attached hydrogen (secondary N) is 1. The summed E-state index contributed by atoms with van der Waals surface area (Å²) in [5.41, 5.74) is 1.30. The monoisotopic (exact) mass is 251 g/mol. The quantitative estimate of drug-likeness (QED) is 0.801. The number of hydrogen-bond acceptors (Lipinski definition) is 4. The fourth-order valence-electron chi connectivity index (χ4n) is 1.68. The number of hydrogen-bond donors (Lipinski definition) is 2. The predicted molar refractivity (Wildman–Crippen MR) is 71.7 cm³/mol. The van der Waals surface area contributed by atoms with Gasteiger partial charge in [0, 0.05) is 19.1 Å². The van der Waals surface area contributed by atoms with E-state index in [0.717, 1.165) is 12.2 Å². The highest BCUT2D eigenvalue weighted by molar-refractivity contribution is 5.92. The molecule has 0 atom stereocenters. The van der Waals surface area contributed by atoms with Crippen LogP contribution in [0.3, 0.4) is 0 Å². The zero-order chi connectivity index (χ0) is 13.5. The average Bonchev–Trinajstić information content (AvgIpc) is 2.36. The van der Waals surface area contributed by atoms with Crippen LogP contribution in [0.5, 0.6) is 0 Å². The highest BCUT2D eigenvalue weighted by Crippen LogP contribution is 2.09. The van der Waals surface area contributed by atoms with E-state index in [0.29, 0.717) is 12.2 Å². The van der Waals surface area contributed by atoms with Crippen molar-refractivity contribution in [3.63, 3.8) is 0 Å². The van der Waals surface area contributed by atoms with Gasteiger partial charge in [0.15, 0.2) is 0 Å². The van der Waals surface area contributed by atoms with Gasteiger partial charge in [-0.2, -0.15) is 0 Å². The zero-order valence-electron chi connectivity index (χ0n) is 11.2. The summed E-state index contributed by atoms with van der Waals surface area (Å²) in [5.74, 6) is -0.151. The van der Waals surface area contributed by atoms with Gasteiger partial charge in [-0.3, -0.25) is 4.79 Å². The van der Waals surface area contributed by atoms with Gasteiger partial charge < -0.3 is 15.3 Å². The molecule has 100 valence electrons. The van der Waals surface area contributed by atoms with Crippen molar-refractivity contribution in [2.24, 2.45) is 0 Å². The number of amides is 1. The molecule has 0 fully saturated rings. The van der Waals surface area contributed by atoms with E-state index >= 15 is 0 Å². The van der Waals surface area contributed by atoms with Crippen LogP contribution < -0.4 is 5.32 Å². The van der Waals surface area contributed by atoms with Gasteiger partial charge in [0.25, 0.3) is 5.91 Å². The number of aliphatic hydroxyl groups is 1. The largest absolute Gasteiger partial charge is 0.395 e. The Morgan fingerprint density at radius 1 is 1.50 bits per heavy atom. The summed E-state index contributed by atoms with van der Waals surface area (Å²) in [6.07, 6.45) is 1.65. The molecule has 0 unspecified atom stereocenters. The molecule has 0 aliphatic carbocycles. The molecule has 1 amide bonds. The third-order valence-corrected chi connectivity index (χ3v) is 2.59. The van der Waals surface area contributed by atoms with Crippen LogP contribution in [0, 0.1) is 0 Å². The van der Waals surface area contributed by atoms with E-state index in [2.05, 4.69) is 10.3 Å². The Kier molecular flexibility index (Phi) is 5.58. The summed E-state index contributed by atoms with van der Waals surface area (Å²) in [6, 6.07) is 3.58. The summed E-state index contributed by atoms with van der Waals surface area (Å²) >= 11 is 0. The predicted octanol–water partition coefficient (Wildman–Crippen LogP) is 1.36. The number of aromatic nitrogens is 1. The molecule has 0 bridgehead atoms. The molecule has 0 aliphatic rings. The third-order valence-electron chi connectivity index (χ3n) is 2.59. The van der Waals surface area contributed by atoms with E-state index in [9.17, 15) is 4.79 Å². The van der Waals surface area contributed by atoms with E-state index in [1.54, 1.807) is 17.2 Å². The molecule has 0 saturated carbocycles. The average molecular weight is 251 g/mol.